The van der Waals surface area contributed by atoms with E-state index in [9.17, 15) is 0 Å². The van der Waals surface area contributed by atoms with Gasteiger partial charge < -0.3 is 0 Å². The van der Waals surface area contributed by atoms with Crippen LogP contribution < -0.4 is 0 Å². The fourth-order valence-electron chi connectivity index (χ4n) is 9.90. The molecule has 6 aliphatic rings. The third-order valence-electron chi connectivity index (χ3n) is 11.3. The summed E-state index contributed by atoms with van der Waals surface area (Å²) in [5.74, 6) is 0.531. The number of rotatable bonds is 3. The first-order valence-electron chi connectivity index (χ1n) is 15.5. The second kappa shape index (κ2) is 8.81. The van der Waals surface area contributed by atoms with Crippen molar-refractivity contribution >= 4 is 35.9 Å². The molecule has 6 aromatic rings. The molecule has 0 spiro atoms. The second-order valence-electron chi connectivity index (χ2n) is 12.9. The molecule has 0 heterocycles. The van der Waals surface area contributed by atoms with Crippen LogP contribution in [0.1, 0.15) is 78.6 Å². The van der Waals surface area contributed by atoms with Gasteiger partial charge in [0, 0.05) is 17.3 Å². The SMILES string of the molecule is Br[Si](Br)(CC12c3ccccc3C(c3ccccc31)c1ccccc12)C12c3ccccc3C(c3ccccc31)c1ccccc12. The molecule has 3 heteroatoms. The molecule has 0 atom stereocenters. The van der Waals surface area contributed by atoms with Crippen LogP contribution in [0.2, 0.25) is 6.04 Å². The van der Waals surface area contributed by atoms with Gasteiger partial charge >= 0.3 is 0 Å². The molecule has 0 aromatic heterocycles. The van der Waals surface area contributed by atoms with E-state index in [4.69, 9.17) is 30.6 Å². The van der Waals surface area contributed by atoms with E-state index in [2.05, 4.69) is 146 Å². The van der Waals surface area contributed by atoms with E-state index in [1.54, 1.807) is 0 Å². The van der Waals surface area contributed by atoms with E-state index in [0.29, 0.717) is 0 Å². The maximum absolute atomic E-state index is 4.74. The first kappa shape index (κ1) is 25.8. The molecule has 0 N–H and O–H groups in total. The van der Waals surface area contributed by atoms with Gasteiger partial charge in [-0.25, -0.2) is 0 Å². The normalized spacial score (nSPS) is 24.4. The molecule has 0 amide bonds. The molecular weight excluding hydrogens is 680 g/mol. The standard InChI is InChI=1S/C41H28Br2Si/c42-44(43,41-35-22-10-4-16-29(35)39(30-17-5-11-23-36(30)41)31-18-6-12-24-37(31)41)25-40-32-19-7-1-13-26(32)38(27-14-2-8-20-33(27)40)28-15-3-9-21-34(28)40/h1-24,38-39H,25H2. The monoisotopic (exact) mass is 706 g/mol. The molecule has 44 heavy (non-hydrogen) atoms. The van der Waals surface area contributed by atoms with E-state index >= 15 is 0 Å². The summed E-state index contributed by atoms with van der Waals surface area (Å²) in [4.78, 5) is 0. The van der Waals surface area contributed by atoms with Crippen molar-refractivity contribution in [3.05, 3.63) is 212 Å². The van der Waals surface area contributed by atoms with Crippen molar-refractivity contribution in [2.24, 2.45) is 0 Å². The van der Waals surface area contributed by atoms with Gasteiger partial charge in [-0.05, 0) is 72.8 Å². The first-order chi connectivity index (χ1) is 21.6. The minimum atomic E-state index is -2.71. The summed E-state index contributed by atoms with van der Waals surface area (Å²) >= 11 is 9.47. The molecule has 0 aliphatic heterocycles. The smallest absolute Gasteiger partial charge is 0.109 e. The van der Waals surface area contributed by atoms with Crippen molar-refractivity contribution in [3.63, 3.8) is 0 Å². The van der Waals surface area contributed by atoms with Crippen LogP contribution in [0.3, 0.4) is 0 Å². The average Bonchev–Trinajstić information content (AvgIpc) is 3.08. The Morgan fingerprint density at radius 1 is 0.386 bits per heavy atom. The summed E-state index contributed by atoms with van der Waals surface area (Å²) in [6, 6.07) is 56.7. The Labute approximate surface area is 275 Å². The number of hydrogen-bond acceptors (Lipinski definition) is 0. The van der Waals surface area contributed by atoms with Crippen LogP contribution in [0.5, 0.6) is 0 Å². The van der Waals surface area contributed by atoms with Crippen LogP contribution in [-0.2, 0) is 10.5 Å². The molecule has 6 aliphatic carbocycles. The summed E-state index contributed by atoms with van der Waals surface area (Å²) in [6.07, 6.45) is 0. The van der Waals surface area contributed by atoms with Gasteiger partial charge in [0.15, 0.2) is 0 Å². The largest absolute Gasteiger partial charge is 0.221 e. The fraction of sp³-hybridized carbons (Fsp3) is 0.122. The van der Waals surface area contributed by atoms with Gasteiger partial charge in [0.25, 0.3) is 0 Å². The van der Waals surface area contributed by atoms with Gasteiger partial charge in [0.1, 0.15) is 0 Å². The van der Waals surface area contributed by atoms with E-state index in [1.807, 2.05) is 0 Å². The van der Waals surface area contributed by atoms with E-state index in [-0.39, 0.29) is 22.3 Å². The van der Waals surface area contributed by atoms with Gasteiger partial charge in [-0.2, -0.15) is 0 Å². The molecule has 4 bridgehead atoms. The Kier molecular flexibility index (Phi) is 5.17. The molecular formula is C41H28Br2Si. The zero-order valence-electron chi connectivity index (χ0n) is 24.0. The van der Waals surface area contributed by atoms with Gasteiger partial charge in [-0.3, -0.25) is 0 Å². The van der Waals surface area contributed by atoms with Crippen molar-refractivity contribution in [1.29, 1.82) is 0 Å². The van der Waals surface area contributed by atoms with Crippen molar-refractivity contribution in [1.82, 2.24) is 0 Å². The van der Waals surface area contributed by atoms with Crippen LogP contribution >= 0.6 is 30.6 Å². The lowest BCUT2D eigenvalue weighted by molar-refractivity contribution is 0.580. The lowest BCUT2D eigenvalue weighted by Crippen LogP contribution is -2.59. The van der Waals surface area contributed by atoms with Crippen molar-refractivity contribution in [3.8, 4) is 0 Å². The minimum absolute atomic E-state index is 0.260. The average molecular weight is 709 g/mol. The number of hydrogen-bond donors (Lipinski definition) is 0. The van der Waals surface area contributed by atoms with Gasteiger partial charge in [0.2, 0.25) is 5.31 Å². The molecule has 0 saturated carbocycles. The zero-order chi connectivity index (χ0) is 29.3. The molecule has 0 fully saturated rings. The minimum Gasteiger partial charge on any atom is -0.109 e. The summed E-state index contributed by atoms with van der Waals surface area (Å²) in [7, 11) is 0. The van der Waals surface area contributed by atoms with Crippen LogP contribution in [0.4, 0.5) is 0 Å². The lowest BCUT2D eigenvalue weighted by atomic mass is 9.53. The molecule has 0 saturated heterocycles. The maximum atomic E-state index is 4.74. The summed E-state index contributed by atoms with van der Waals surface area (Å²) in [6.45, 7) is 0. The Bertz CT molecular complexity index is 1950. The highest BCUT2D eigenvalue weighted by Crippen LogP contribution is 2.69. The fourth-order valence-corrected chi connectivity index (χ4v) is 19.6. The first-order valence-corrected chi connectivity index (χ1v) is 22.3. The van der Waals surface area contributed by atoms with E-state index < -0.39 is 5.31 Å². The van der Waals surface area contributed by atoms with Crippen molar-refractivity contribution in [2.45, 2.75) is 28.3 Å². The molecule has 0 radical (unpaired) electrons. The number of halogens is 2. The van der Waals surface area contributed by atoms with Gasteiger partial charge in [-0.15, -0.1) is 30.6 Å². The quantitative estimate of drug-likeness (QED) is 0.127. The molecule has 12 rings (SSSR count). The van der Waals surface area contributed by atoms with Crippen LogP contribution in [-0.4, -0.2) is 5.31 Å². The predicted molar refractivity (Wildman–Crippen MR) is 189 cm³/mol. The Morgan fingerprint density at radius 3 is 0.955 bits per heavy atom. The Hall–Kier alpha value is -3.50. The van der Waals surface area contributed by atoms with Crippen LogP contribution in [0.15, 0.2) is 146 Å². The van der Waals surface area contributed by atoms with Crippen LogP contribution in [0.25, 0.3) is 0 Å². The van der Waals surface area contributed by atoms with Crippen molar-refractivity contribution < 1.29 is 0 Å². The summed E-state index contributed by atoms with van der Waals surface area (Å²) in [5.41, 5.74) is 17.2. The maximum Gasteiger partial charge on any atom is 0.221 e. The van der Waals surface area contributed by atoms with E-state index in [1.165, 1.54) is 66.8 Å². The Morgan fingerprint density at radius 2 is 0.636 bits per heavy atom. The molecule has 0 nitrogen and oxygen atoms in total. The lowest BCUT2D eigenvalue weighted by Gasteiger charge is -2.58. The van der Waals surface area contributed by atoms with Crippen LogP contribution in [0, 0.1) is 0 Å². The topological polar surface area (TPSA) is 0 Å². The zero-order valence-corrected chi connectivity index (χ0v) is 28.1. The van der Waals surface area contributed by atoms with Gasteiger partial charge in [-0.1, -0.05) is 146 Å². The van der Waals surface area contributed by atoms with Crippen molar-refractivity contribution in [2.75, 3.05) is 0 Å². The molecule has 210 valence electrons. The highest BCUT2D eigenvalue weighted by Gasteiger charge is 2.66. The van der Waals surface area contributed by atoms with Gasteiger partial charge in [0.05, 0.1) is 5.04 Å². The highest BCUT2D eigenvalue weighted by atomic mass is 79.9. The summed E-state index contributed by atoms with van der Waals surface area (Å²) in [5, 5.41) is -3.03. The third kappa shape index (κ3) is 2.86. The Balaban J connectivity index is 1.33. The third-order valence-corrected chi connectivity index (χ3v) is 19.4. The number of benzene rings is 6. The predicted octanol–water partition coefficient (Wildman–Crippen LogP) is 10.4. The highest BCUT2D eigenvalue weighted by molar-refractivity contribution is 9.51. The van der Waals surface area contributed by atoms with E-state index in [0.717, 1.165) is 6.04 Å². The summed E-state index contributed by atoms with van der Waals surface area (Å²) < 4.78 is 0. The second-order valence-corrected chi connectivity index (χ2v) is 26.8. The molecule has 0 unspecified atom stereocenters. The molecule has 6 aromatic carbocycles.